The van der Waals surface area contributed by atoms with Gasteiger partial charge in [-0.15, -0.1) is 0 Å². The third-order valence-electron chi connectivity index (χ3n) is 2.48. The van der Waals surface area contributed by atoms with Crippen LogP contribution in [0.5, 0.6) is 0 Å². The summed E-state index contributed by atoms with van der Waals surface area (Å²) in [6.45, 7) is 5.65. The van der Waals surface area contributed by atoms with Crippen molar-refractivity contribution in [3.8, 4) is 0 Å². The first-order valence-corrected chi connectivity index (χ1v) is 6.47. The molecule has 0 spiro atoms. The second-order valence-corrected chi connectivity index (χ2v) is 6.30. The van der Waals surface area contributed by atoms with E-state index in [2.05, 4.69) is 5.32 Å². The van der Waals surface area contributed by atoms with Crippen LogP contribution in [0.2, 0.25) is 15.1 Å². The summed E-state index contributed by atoms with van der Waals surface area (Å²) < 4.78 is 0. The molecule has 0 aromatic heterocycles. The van der Waals surface area contributed by atoms with Gasteiger partial charge in [-0.1, -0.05) is 55.6 Å². The Hall–Kier alpha value is -0.480. The molecular weight excluding hydrogens is 295 g/mol. The normalized spacial score (nSPS) is 13.3. The summed E-state index contributed by atoms with van der Waals surface area (Å²) in [5, 5.41) is 3.62. The number of hydrogen-bond donors (Lipinski definition) is 2. The molecule has 1 rings (SSSR count). The van der Waals surface area contributed by atoms with Crippen molar-refractivity contribution in [1.82, 2.24) is 0 Å². The van der Waals surface area contributed by atoms with Gasteiger partial charge in [-0.05, 0) is 17.5 Å². The molecule has 1 aromatic rings. The Morgan fingerprint density at radius 2 is 1.67 bits per heavy atom. The maximum atomic E-state index is 11.9. The largest absolute Gasteiger partial charge is 0.323 e. The number of amides is 1. The third kappa shape index (κ3) is 3.75. The summed E-state index contributed by atoms with van der Waals surface area (Å²) in [5.41, 5.74) is 5.90. The molecule has 0 fully saturated rings. The van der Waals surface area contributed by atoms with Crippen molar-refractivity contribution < 1.29 is 4.79 Å². The highest BCUT2D eigenvalue weighted by Crippen LogP contribution is 2.32. The topological polar surface area (TPSA) is 55.1 Å². The Kier molecular flexibility index (Phi) is 4.90. The lowest BCUT2D eigenvalue weighted by atomic mass is 9.87. The van der Waals surface area contributed by atoms with Crippen molar-refractivity contribution in [2.75, 3.05) is 5.32 Å². The van der Waals surface area contributed by atoms with Crippen LogP contribution in [0.1, 0.15) is 20.8 Å². The van der Waals surface area contributed by atoms with E-state index in [4.69, 9.17) is 40.5 Å². The van der Waals surface area contributed by atoms with Crippen LogP contribution in [0, 0.1) is 5.41 Å². The van der Waals surface area contributed by atoms with Crippen LogP contribution in [0.15, 0.2) is 12.1 Å². The number of nitrogens with two attached hydrogens (primary N) is 1. The van der Waals surface area contributed by atoms with E-state index in [1.54, 1.807) is 0 Å². The molecule has 0 bridgehead atoms. The van der Waals surface area contributed by atoms with Gasteiger partial charge in [0.05, 0.1) is 26.8 Å². The second kappa shape index (κ2) is 5.66. The van der Waals surface area contributed by atoms with Gasteiger partial charge in [0.1, 0.15) is 0 Å². The molecule has 0 aliphatic heterocycles. The van der Waals surface area contributed by atoms with Gasteiger partial charge < -0.3 is 11.1 Å². The number of nitrogens with one attached hydrogen (secondary N) is 1. The third-order valence-corrected chi connectivity index (χ3v) is 3.52. The summed E-state index contributed by atoms with van der Waals surface area (Å²) in [4.78, 5) is 11.9. The number of benzene rings is 1. The van der Waals surface area contributed by atoms with Crippen LogP contribution >= 0.6 is 34.8 Å². The zero-order valence-corrected chi connectivity index (χ0v) is 12.6. The zero-order chi connectivity index (χ0) is 14.1. The molecule has 18 heavy (non-hydrogen) atoms. The van der Waals surface area contributed by atoms with Crippen LogP contribution < -0.4 is 11.1 Å². The highest BCUT2D eigenvalue weighted by molar-refractivity contribution is 6.44. The Morgan fingerprint density at radius 3 is 2.17 bits per heavy atom. The molecule has 3 nitrogen and oxygen atoms in total. The smallest absolute Gasteiger partial charge is 0.241 e. The highest BCUT2D eigenvalue weighted by atomic mass is 35.5. The molecule has 0 heterocycles. The van der Waals surface area contributed by atoms with Crippen molar-refractivity contribution in [3.05, 3.63) is 27.2 Å². The number of hydrogen-bond acceptors (Lipinski definition) is 2. The summed E-state index contributed by atoms with van der Waals surface area (Å²) in [6, 6.07) is 2.33. The van der Waals surface area contributed by atoms with Crippen LogP contribution in [0.25, 0.3) is 0 Å². The van der Waals surface area contributed by atoms with Crippen molar-refractivity contribution in [2.24, 2.45) is 11.1 Å². The molecule has 0 radical (unpaired) electrons. The van der Waals surface area contributed by atoms with Gasteiger partial charge in [0.2, 0.25) is 5.91 Å². The molecule has 0 saturated carbocycles. The fourth-order valence-corrected chi connectivity index (χ4v) is 1.82. The van der Waals surface area contributed by atoms with E-state index in [-0.39, 0.29) is 11.3 Å². The van der Waals surface area contributed by atoms with Crippen LogP contribution in [-0.2, 0) is 4.79 Å². The van der Waals surface area contributed by atoms with E-state index >= 15 is 0 Å². The average molecular weight is 310 g/mol. The number of halogens is 3. The molecular formula is C12H15Cl3N2O. The fraction of sp³-hybridized carbons (Fsp3) is 0.417. The summed E-state index contributed by atoms with van der Waals surface area (Å²) in [5.74, 6) is -0.317. The molecule has 3 N–H and O–H groups in total. The lowest BCUT2D eigenvalue weighted by Gasteiger charge is -2.26. The lowest BCUT2D eigenvalue weighted by Crippen LogP contribution is -2.45. The summed E-state index contributed by atoms with van der Waals surface area (Å²) >= 11 is 17.6. The maximum absolute atomic E-state index is 11.9. The molecule has 0 saturated heterocycles. The minimum Gasteiger partial charge on any atom is -0.323 e. The molecule has 1 amide bonds. The van der Waals surface area contributed by atoms with E-state index in [9.17, 15) is 4.79 Å². The van der Waals surface area contributed by atoms with E-state index in [0.29, 0.717) is 20.8 Å². The second-order valence-electron chi connectivity index (χ2n) is 5.08. The Bertz CT molecular complexity index is 469. The van der Waals surface area contributed by atoms with Gasteiger partial charge in [-0.2, -0.15) is 0 Å². The first kappa shape index (κ1) is 15.6. The first-order chi connectivity index (χ1) is 8.12. The van der Waals surface area contributed by atoms with Gasteiger partial charge >= 0.3 is 0 Å². The van der Waals surface area contributed by atoms with Crippen LogP contribution in [0.3, 0.4) is 0 Å². The van der Waals surface area contributed by atoms with Gasteiger partial charge in [-0.25, -0.2) is 0 Å². The monoisotopic (exact) mass is 308 g/mol. The number of rotatable bonds is 2. The molecule has 6 heteroatoms. The Morgan fingerprint density at radius 1 is 1.17 bits per heavy atom. The molecule has 0 aliphatic carbocycles. The quantitative estimate of drug-likeness (QED) is 0.812. The molecule has 1 atom stereocenters. The molecule has 100 valence electrons. The summed E-state index contributed by atoms with van der Waals surface area (Å²) in [6.07, 6.45) is 0. The molecule has 1 aromatic carbocycles. The molecule has 1 unspecified atom stereocenters. The number of carbonyl (C=O) groups is 1. The van der Waals surface area contributed by atoms with Crippen molar-refractivity contribution >= 4 is 46.4 Å². The minimum absolute atomic E-state index is 0.317. The van der Waals surface area contributed by atoms with Crippen molar-refractivity contribution in [2.45, 2.75) is 26.8 Å². The van der Waals surface area contributed by atoms with Crippen LogP contribution in [0.4, 0.5) is 5.69 Å². The SMILES string of the molecule is CC(C)(C)C(N)C(=O)Nc1cc(Cl)c(Cl)cc1Cl. The minimum atomic E-state index is -0.650. The van der Waals surface area contributed by atoms with Gasteiger partial charge in [-0.3, -0.25) is 4.79 Å². The van der Waals surface area contributed by atoms with E-state index in [1.165, 1.54) is 12.1 Å². The van der Waals surface area contributed by atoms with Crippen molar-refractivity contribution in [3.63, 3.8) is 0 Å². The standard InChI is InChI=1S/C12H15Cl3N2O/c1-12(2,3)10(16)11(18)17-9-5-7(14)6(13)4-8(9)15/h4-5,10H,16H2,1-3H3,(H,17,18). The average Bonchev–Trinajstić information content (AvgIpc) is 2.23. The number of carbonyl (C=O) groups excluding carboxylic acids is 1. The van der Waals surface area contributed by atoms with Gasteiger partial charge in [0.25, 0.3) is 0 Å². The van der Waals surface area contributed by atoms with E-state index < -0.39 is 6.04 Å². The maximum Gasteiger partial charge on any atom is 0.241 e. The summed E-state index contributed by atoms with van der Waals surface area (Å²) in [7, 11) is 0. The predicted molar refractivity (Wildman–Crippen MR) is 77.5 cm³/mol. The van der Waals surface area contributed by atoms with Crippen molar-refractivity contribution in [1.29, 1.82) is 0 Å². The zero-order valence-electron chi connectivity index (χ0n) is 10.4. The van der Waals surface area contributed by atoms with Crippen LogP contribution in [-0.4, -0.2) is 11.9 Å². The molecule has 0 aliphatic rings. The predicted octanol–water partition coefficient (Wildman–Crippen LogP) is 3.96. The number of anilines is 1. The van der Waals surface area contributed by atoms with E-state index in [0.717, 1.165) is 0 Å². The fourth-order valence-electron chi connectivity index (χ4n) is 1.22. The van der Waals surface area contributed by atoms with E-state index in [1.807, 2.05) is 20.8 Å². The van der Waals surface area contributed by atoms with Gasteiger partial charge in [0, 0.05) is 0 Å². The Labute approximate surface area is 122 Å². The lowest BCUT2D eigenvalue weighted by molar-refractivity contribution is -0.119. The highest BCUT2D eigenvalue weighted by Gasteiger charge is 2.27. The Balaban J connectivity index is 2.92. The first-order valence-electron chi connectivity index (χ1n) is 5.34. The van der Waals surface area contributed by atoms with Gasteiger partial charge in [0.15, 0.2) is 0 Å².